The van der Waals surface area contributed by atoms with Gasteiger partial charge in [-0.25, -0.2) is 0 Å². The Hall–Kier alpha value is -2.37. The molecule has 0 aliphatic carbocycles. The summed E-state index contributed by atoms with van der Waals surface area (Å²) in [5.41, 5.74) is 1.51. The summed E-state index contributed by atoms with van der Waals surface area (Å²) in [7, 11) is 0. The standard InChI is InChI=1S/C15H20N2O4/c1-10(3-8-15(20)21)16-14(19)9-12-4-6-13(7-5-12)17-11(2)18/h4-7,10H,3,8-9H2,1-2H3,(H,16,19)(H,17,18)(H,20,21). The number of carboxylic acids is 1. The summed E-state index contributed by atoms with van der Waals surface area (Å²) in [6, 6.07) is 6.84. The van der Waals surface area contributed by atoms with Crippen LogP contribution in [0, 0.1) is 0 Å². The SMILES string of the molecule is CC(=O)Nc1ccc(CC(=O)NC(C)CCC(=O)O)cc1. The van der Waals surface area contributed by atoms with Gasteiger partial charge in [0.1, 0.15) is 0 Å². The minimum atomic E-state index is -0.871. The number of benzene rings is 1. The lowest BCUT2D eigenvalue weighted by molar-refractivity contribution is -0.137. The van der Waals surface area contributed by atoms with Crippen molar-refractivity contribution >= 4 is 23.5 Å². The van der Waals surface area contributed by atoms with Gasteiger partial charge in [-0.05, 0) is 31.0 Å². The molecule has 0 heterocycles. The third-order valence-corrected chi connectivity index (χ3v) is 2.84. The van der Waals surface area contributed by atoms with E-state index in [9.17, 15) is 14.4 Å². The van der Waals surface area contributed by atoms with Gasteiger partial charge in [-0.2, -0.15) is 0 Å². The van der Waals surface area contributed by atoms with Crippen molar-refractivity contribution in [2.24, 2.45) is 0 Å². The van der Waals surface area contributed by atoms with E-state index < -0.39 is 5.97 Å². The average Bonchev–Trinajstić information content (AvgIpc) is 2.38. The molecule has 1 rings (SSSR count). The molecule has 0 aliphatic rings. The highest BCUT2D eigenvalue weighted by atomic mass is 16.4. The predicted octanol–water partition coefficient (Wildman–Crippen LogP) is 1.56. The second-order valence-corrected chi connectivity index (χ2v) is 4.96. The Bertz CT molecular complexity index is 511. The molecule has 0 spiro atoms. The summed E-state index contributed by atoms with van der Waals surface area (Å²) in [6.07, 6.45) is 0.660. The Labute approximate surface area is 123 Å². The van der Waals surface area contributed by atoms with Gasteiger partial charge in [0.05, 0.1) is 6.42 Å². The van der Waals surface area contributed by atoms with Gasteiger partial charge < -0.3 is 15.7 Å². The van der Waals surface area contributed by atoms with E-state index >= 15 is 0 Å². The second kappa shape index (κ2) is 8.04. The first kappa shape index (κ1) is 16.7. The number of rotatable bonds is 7. The van der Waals surface area contributed by atoms with Crippen molar-refractivity contribution in [2.45, 2.75) is 39.2 Å². The third-order valence-electron chi connectivity index (χ3n) is 2.84. The number of hydrogen-bond acceptors (Lipinski definition) is 3. The minimum Gasteiger partial charge on any atom is -0.481 e. The van der Waals surface area contributed by atoms with Crippen molar-refractivity contribution in [3.63, 3.8) is 0 Å². The molecule has 1 aromatic carbocycles. The Kier molecular flexibility index (Phi) is 6.39. The van der Waals surface area contributed by atoms with Crippen molar-refractivity contribution in [3.05, 3.63) is 29.8 Å². The highest BCUT2D eigenvalue weighted by Crippen LogP contribution is 2.10. The number of carbonyl (C=O) groups excluding carboxylic acids is 2. The Morgan fingerprint density at radius 1 is 1.19 bits per heavy atom. The van der Waals surface area contributed by atoms with Gasteiger partial charge in [0, 0.05) is 25.1 Å². The quantitative estimate of drug-likeness (QED) is 0.710. The van der Waals surface area contributed by atoms with Gasteiger partial charge in [-0.1, -0.05) is 12.1 Å². The molecular weight excluding hydrogens is 272 g/mol. The van der Waals surface area contributed by atoms with Gasteiger partial charge in [0.25, 0.3) is 0 Å². The Balaban J connectivity index is 2.43. The molecule has 6 heteroatoms. The van der Waals surface area contributed by atoms with Crippen molar-refractivity contribution in [1.29, 1.82) is 0 Å². The van der Waals surface area contributed by atoms with E-state index in [0.29, 0.717) is 12.1 Å². The van der Waals surface area contributed by atoms with Crippen LogP contribution in [-0.4, -0.2) is 28.9 Å². The van der Waals surface area contributed by atoms with Crippen LogP contribution in [0.1, 0.15) is 32.3 Å². The number of hydrogen-bond donors (Lipinski definition) is 3. The Morgan fingerprint density at radius 3 is 2.33 bits per heavy atom. The predicted molar refractivity (Wildman–Crippen MR) is 78.9 cm³/mol. The molecule has 0 fully saturated rings. The summed E-state index contributed by atoms with van der Waals surface area (Å²) in [6.45, 7) is 3.21. The number of anilines is 1. The molecule has 3 N–H and O–H groups in total. The van der Waals surface area contributed by atoms with E-state index in [1.165, 1.54) is 6.92 Å². The number of carboxylic acid groups (broad SMARTS) is 1. The molecule has 0 aromatic heterocycles. The zero-order chi connectivity index (χ0) is 15.8. The maximum Gasteiger partial charge on any atom is 0.303 e. The smallest absolute Gasteiger partial charge is 0.303 e. The maximum atomic E-state index is 11.8. The first-order valence-electron chi connectivity index (χ1n) is 6.74. The average molecular weight is 292 g/mol. The van der Waals surface area contributed by atoms with E-state index in [1.54, 1.807) is 31.2 Å². The molecule has 0 saturated heterocycles. The molecule has 0 bridgehead atoms. The molecule has 1 atom stereocenters. The molecule has 0 saturated carbocycles. The van der Waals surface area contributed by atoms with Gasteiger partial charge in [0.2, 0.25) is 11.8 Å². The molecule has 0 aliphatic heterocycles. The van der Waals surface area contributed by atoms with Crippen LogP contribution in [0.5, 0.6) is 0 Å². The van der Waals surface area contributed by atoms with Crippen molar-refractivity contribution in [3.8, 4) is 0 Å². The van der Waals surface area contributed by atoms with Crippen LogP contribution in [0.4, 0.5) is 5.69 Å². The van der Waals surface area contributed by atoms with E-state index in [2.05, 4.69) is 10.6 Å². The minimum absolute atomic E-state index is 0.0346. The molecule has 0 radical (unpaired) electrons. The van der Waals surface area contributed by atoms with Crippen LogP contribution < -0.4 is 10.6 Å². The maximum absolute atomic E-state index is 11.8. The fourth-order valence-electron chi connectivity index (χ4n) is 1.83. The monoisotopic (exact) mass is 292 g/mol. The molecular formula is C15H20N2O4. The fourth-order valence-corrected chi connectivity index (χ4v) is 1.83. The van der Waals surface area contributed by atoms with E-state index in [0.717, 1.165) is 5.56 Å². The van der Waals surface area contributed by atoms with Crippen LogP contribution >= 0.6 is 0 Å². The largest absolute Gasteiger partial charge is 0.481 e. The number of carbonyl (C=O) groups is 3. The van der Waals surface area contributed by atoms with Crippen LogP contribution in [0.2, 0.25) is 0 Å². The van der Waals surface area contributed by atoms with E-state index in [-0.39, 0.29) is 30.7 Å². The van der Waals surface area contributed by atoms with Crippen molar-refractivity contribution in [1.82, 2.24) is 5.32 Å². The topological polar surface area (TPSA) is 95.5 Å². The van der Waals surface area contributed by atoms with Crippen molar-refractivity contribution in [2.75, 3.05) is 5.32 Å². The lowest BCUT2D eigenvalue weighted by atomic mass is 10.1. The van der Waals surface area contributed by atoms with Crippen LogP contribution in [0.25, 0.3) is 0 Å². The summed E-state index contributed by atoms with van der Waals surface area (Å²) >= 11 is 0. The highest BCUT2D eigenvalue weighted by molar-refractivity contribution is 5.88. The first-order valence-corrected chi connectivity index (χ1v) is 6.74. The lowest BCUT2D eigenvalue weighted by Gasteiger charge is -2.13. The molecule has 6 nitrogen and oxygen atoms in total. The van der Waals surface area contributed by atoms with Gasteiger partial charge >= 0.3 is 5.97 Å². The van der Waals surface area contributed by atoms with Gasteiger partial charge in [0.15, 0.2) is 0 Å². The zero-order valence-electron chi connectivity index (χ0n) is 12.2. The highest BCUT2D eigenvalue weighted by Gasteiger charge is 2.10. The zero-order valence-corrected chi connectivity index (χ0v) is 12.2. The Morgan fingerprint density at radius 2 is 1.81 bits per heavy atom. The number of aliphatic carboxylic acids is 1. The molecule has 2 amide bonds. The molecule has 114 valence electrons. The normalized spacial score (nSPS) is 11.5. The molecule has 1 unspecified atom stereocenters. The number of amides is 2. The second-order valence-electron chi connectivity index (χ2n) is 4.96. The summed E-state index contributed by atoms with van der Waals surface area (Å²) < 4.78 is 0. The summed E-state index contributed by atoms with van der Waals surface area (Å²) in [5, 5.41) is 14.0. The summed E-state index contributed by atoms with van der Waals surface area (Å²) in [5.74, 6) is -1.17. The third kappa shape index (κ3) is 7.10. The molecule has 21 heavy (non-hydrogen) atoms. The summed E-state index contributed by atoms with van der Waals surface area (Å²) in [4.78, 5) is 33.1. The van der Waals surface area contributed by atoms with Crippen LogP contribution in [-0.2, 0) is 20.8 Å². The van der Waals surface area contributed by atoms with Crippen molar-refractivity contribution < 1.29 is 19.5 Å². The van der Waals surface area contributed by atoms with Crippen LogP contribution in [0.3, 0.4) is 0 Å². The van der Waals surface area contributed by atoms with Gasteiger partial charge in [-0.3, -0.25) is 14.4 Å². The fraction of sp³-hybridized carbons (Fsp3) is 0.400. The van der Waals surface area contributed by atoms with Crippen LogP contribution in [0.15, 0.2) is 24.3 Å². The number of nitrogens with one attached hydrogen (secondary N) is 2. The van der Waals surface area contributed by atoms with Gasteiger partial charge in [-0.15, -0.1) is 0 Å². The molecule has 1 aromatic rings. The first-order chi connectivity index (χ1) is 9.86. The lowest BCUT2D eigenvalue weighted by Crippen LogP contribution is -2.34. The van der Waals surface area contributed by atoms with E-state index in [4.69, 9.17) is 5.11 Å². The van der Waals surface area contributed by atoms with E-state index in [1.807, 2.05) is 0 Å².